The summed E-state index contributed by atoms with van der Waals surface area (Å²) in [5.41, 5.74) is 2.22. The zero-order chi connectivity index (χ0) is 31.3. The van der Waals surface area contributed by atoms with Crippen LogP contribution in [-0.2, 0) is 26.2 Å². The van der Waals surface area contributed by atoms with Gasteiger partial charge in [0.25, 0.3) is 10.0 Å². The predicted molar refractivity (Wildman–Crippen MR) is 173 cm³/mol. The van der Waals surface area contributed by atoms with E-state index in [0.717, 1.165) is 42.0 Å². The largest absolute Gasteiger partial charge is 0.352 e. The molecular formula is C32H36Cl3N3O4S. The number of hydrogen-bond donors (Lipinski definition) is 1. The van der Waals surface area contributed by atoms with Crippen molar-refractivity contribution in [2.75, 3.05) is 10.8 Å². The van der Waals surface area contributed by atoms with Crippen LogP contribution in [0, 0.1) is 13.8 Å². The molecule has 7 nitrogen and oxygen atoms in total. The van der Waals surface area contributed by atoms with Crippen molar-refractivity contribution < 1.29 is 18.0 Å². The number of benzene rings is 3. The molecule has 1 N–H and O–H groups in total. The third-order valence-electron chi connectivity index (χ3n) is 7.84. The minimum atomic E-state index is -4.22. The molecule has 1 atom stereocenters. The van der Waals surface area contributed by atoms with Crippen molar-refractivity contribution in [2.24, 2.45) is 0 Å². The van der Waals surface area contributed by atoms with Gasteiger partial charge >= 0.3 is 0 Å². The van der Waals surface area contributed by atoms with Gasteiger partial charge < -0.3 is 10.2 Å². The van der Waals surface area contributed by atoms with Crippen molar-refractivity contribution in [3.63, 3.8) is 0 Å². The molecule has 0 aliphatic heterocycles. The van der Waals surface area contributed by atoms with Gasteiger partial charge in [0.1, 0.15) is 12.6 Å². The van der Waals surface area contributed by atoms with Gasteiger partial charge in [-0.3, -0.25) is 13.9 Å². The SMILES string of the molecule is Cc1ccc(S(=O)(=O)N(CC(=O)N(Cc2c(Cl)cccc2Cl)[C@@H](C)C(=O)NC2CCCCC2)c2cc(Cl)ccc2C)cc1. The molecule has 1 saturated carbocycles. The Hall–Kier alpha value is -2.78. The molecule has 1 aliphatic carbocycles. The van der Waals surface area contributed by atoms with Gasteiger partial charge in [-0.05, 0) is 75.6 Å². The molecule has 0 heterocycles. The van der Waals surface area contributed by atoms with Gasteiger partial charge in [-0.2, -0.15) is 0 Å². The fourth-order valence-corrected chi connectivity index (χ4v) is 7.36. The minimum Gasteiger partial charge on any atom is -0.352 e. The lowest BCUT2D eigenvalue weighted by atomic mass is 9.95. The number of carbonyl (C=O) groups excluding carboxylic acids is 2. The van der Waals surface area contributed by atoms with Crippen LogP contribution >= 0.6 is 34.8 Å². The minimum absolute atomic E-state index is 0.0223. The Labute approximate surface area is 269 Å². The molecule has 1 aliphatic rings. The maximum Gasteiger partial charge on any atom is 0.264 e. The first-order valence-electron chi connectivity index (χ1n) is 14.3. The zero-order valence-corrected chi connectivity index (χ0v) is 27.5. The van der Waals surface area contributed by atoms with E-state index in [1.807, 2.05) is 6.92 Å². The Morgan fingerprint density at radius 2 is 1.56 bits per heavy atom. The average molecular weight is 665 g/mol. The zero-order valence-electron chi connectivity index (χ0n) is 24.4. The van der Waals surface area contributed by atoms with Gasteiger partial charge in [0.2, 0.25) is 11.8 Å². The number of carbonyl (C=O) groups is 2. The van der Waals surface area contributed by atoms with Crippen LogP contribution in [0.25, 0.3) is 0 Å². The number of sulfonamides is 1. The molecule has 3 aromatic rings. The second-order valence-corrected chi connectivity index (χ2v) is 14.1. The summed E-state index contributed by atoms with van der Waals surface area (Å²) >= 11 is 19.3. The van der Waals surface area contributed by atoms with Crippen molar-refractivity contribution in [1.82, 2.24) is 10.2 Å². The van der Waals surface area contributed by atoms with Gasteiger partial charge in [-0.25, -0.2) is 8.42 Å². The van der Waals surface area contributed by atoms with E-state index >= 15 is 0 Å². The van der Waals surface area contributed by atoms with E-state index in [-0.39, 0.29) is 29.1 Å². The van der Waals surface area contributed by atoms with Crippen molar-refractivity contribution in [2.45, 2.75) is 76.4 Å². The highest BCUT2D eigenvalue weighted by atomic mass is 35.5. The van der Waals surface area contributed by atoms with E-state index in [1.165, 1.54) is 23.1 Å². The standard InChI is InChI=1S/C32H36Cl3N3O4S/c1-21-12-16-26(17-13-21)43(41,42)38(30-18-24(33)15-14-22(30)2)20-31(39)37(19-27-28(34)10-7-11-29(27)35)23(3)32(40)36-25-8-5-4-6-9-25/h7,10-18,23,25H,4-6,8-9,19-20H2,1-3H3,(H,36,40)/t23-/m0/s1. The first kappa shape index (κ1) is 33.1. The second-order valence-electron chi connectivity index (χ2n) is 11.0. The molecule has 11 heteroatoms. The summed E-state index contributed by atoms with van der Waals surface area (Å²) in [6, 6.07) is 15.4. The van der Waals surface area contributed by atoms with Crippen LogP contribution in [-0.4, -0.2) is 43.8 Å². The van der Waals surface area contributed by atoms with Crippen molar-refractivity contribution in [3.05, 3.63) is 92.4 Å². The molecule has 0 spiro atoms. The molecule has 0 aromatic heterocycles. The summed E-state index contributed by atoms with van der Waals surface area (Å²) in [5.74, 6) is -0.923. The molecule has 230 valence electrons. The Kier molecular flexibility index (Phi) is 11.0. The van der Waals surface area contributed by atoms with Gasteiger partial charge in [0, 0.05) is 33.2 Å². The van der Waals surface area contributed by atoms with E-state index in [1.54, 1.807) is 56.3 Å². The number of amides is 2. The smallest absolute Gasteiger partial charge is 0.264 e. The average Bonchev–Trinajstić information content (AvgIpc) is 2.97. The quantitative estimate of drug-likeness (QED) is 0.246. The Morgan fingerprint density at radius 3 is 2.19 bits per heavy atom. The van der Waals surface area contributed by atoms with Crippen LogP contribution in [0.15, 0.2) is 65.6 Å². The fraction of sp³-hybridized carbons (Fsp3) is 0.375. The molecule has 0 radical (unpaired) electrons. The number of hydrogen-bond acceptors (Lipinski definition) is 4. The van der Waals surface area contributed by atoms with Crippen LogP contribution in [0.3, 0.4) is 0 Å². The maximum atomic E-state index is 14.2. The van der Waals surface area contributed by atoms with Gasteiger partial charge in [-0.15, -0.1) is 0 Å². The van der Waals surface area contributed by atoms with Crippen molar-refractivity contribution in [3.8, 4) is 0 Å². The van der Waals surface area contributed by atoms with Gasteiger partial charge in [0.15, 0.2) is 0 Å². The highest BCUT2D eigenvalue weighted by Crippen LogP contribution is 2.31. The van der Waals surface area contributed by atoms with E-state index in [2.05, 4.69) is 5.32 Å². The number of halogens is 3. The number of nitrogens with zero attached hydrogens (tertiary/aromatic N) is 2. The number of anilines is 1. The van der Waals surface area contributed by atoms with Crippen molar-refractivity contribution >= 4 is 62.3 Å². The molecule has 43 heavy (non-hydrogen) atoms. The third-order valence-corrected chi connectivity index (χ3v) is 10.6. The third kappa shape index (κ3) is 8.04. The summed E-state index contributed by atoms with van der Waals surface area (Å²) in [6.45, 7) is 4.56. The highest BCUT2D eigenvalue weighted by Gasteiger charge is 2.34. The molecule has 4 rings (SSSR count). The summed E-state index contributed by atoms with van der Waals surface area (Å²) in [4.78, 5) is 29.1. The molecule has 0 unspecified atom stereocenters. The van der Waals surface area contributed by atoms with E-state index in [0.29, 0.717) is 26.2 Å². The van der Waals surface area contributed by atoms with Crippen LogP contribution in [0.1, 0.15) is 55.7 Å². The first-order chi connectivity index (χ1) is 20.4. The molecule has 2 amide bonds. The normalized spacial score (nSPS) is 14.7. The predicted octanol–water partition coefficient (Wildman–Crippen LogP) is 7.33. The monoisotopic (exact) mass is 663 g/mol. The lowest BCUT2D eigenvalue weighted by Gasteiger charge is -2.34. The summed E-state index contributed by atoms with van der Waals surface area (Å²) in [5, 5.41) is 4.07. The Morgan fingerprint density at radius 1 is 0.930 bits per heavy atom. The Balaban J connectivity index is 1.74. The number of rotatable bonds is 10. The van der Waals surface area contributed by atoms with Gasteiger partial charge in [-0.1, -0.05) is 83.9 Å². The van der Waals surface area contributed by atoms with E-state index in [9.17, 15) is 18.0 Å². The molecular weight excluding hydrogens is 629 g/mol. The summed E-state index contributed by atoms with van der Waals surface area (Å²) in [7, 11) is -4.22. The van der Waals surface area contributed by atoms with Crippen LogP contribution in [0.2, 0.25) is 15.1 Å². The molecule has 0 bridgehead atoms. The van der Waals surface area contributed by atoms with Gasteiger partial charge in [0.05, 0.1) is 10.6 Å². The lowest BCUT2D eigenvalue weighted by Crippen LogP contribution is -2.53. The summed E-state index contributed by atoms with van der Waals surface area (Å²) < 4.78 is 29.2. The first-order valence-corrected chi connectivity index (χ1v) is 16.8. The number of aryl methyl sites for hydroxylation is 2. The van der Waals surface area contributed by atoms with E-state index < -0.39 is 28.5 Å². The second kappa shape index (κ2) is 14.3. The lowest BCUT2D eigenvalue weighted by molar-refractivity contribution is -0.139. The maximum absolute atomic E-state index is 14.2. The molecule has 1 fully saturated rings. The van der Waals surface area contributed by atoms with Crippen LogP contribution in [0.5, 0.6) is 0 Å². The highest BCUT2D eigenvalue weighted by molar-refractivity contribution is 7.92. The fourth-order valence-electron chi connectivity index (χ4n) is 5.21. The Bertz CT molecular complexity index is 1550. The molecule has 3 aromatic carbocycles. The van der Waals surface area contributed by atoms with Crippen LogP contribution < -0.4 is 9.62 Å². The summed E-state index contributed by atoms with van der Waals surface area (Å²) in [6.07, 6.45) is 4.94. The number of nitrogens with one attached hydrogen (secondary N) is 1. The van der Waals surface area contributed by atoms with Crippen LogP contribution in [0.4, 0.5) is 5.69 Å². The van der Waals surface area contributed by atoms with Crippen molar-refractivity contribution in [1.29, 1.82) is 0 Å². The topological polar surface area (TPSA) is 86.8 Å². The van der Waals surface area contributed by atoms with E-state index in [4.69, 9.17) is 34.8 Å². The molecule has 0 saturated heterocycles.